The fraction of sp³-hybridized carbons (Fsp3) is 0.889. The molecule has 0 bridgehead atoms. The van der Waals surface area contributed by atoms with E-state index in [0.29, 0.717) is 12.5 Å². The molecule has 0 aromatic carbocycles. The summed E-state index contributed by atoms with van der Waals surface area (Å²) >= 11 is 0. The van der Waals surface area contributed by atoms with Crippen LogP contribution in [0.1, 0.15) is 6.92 Å². The first-order valence-corrected chi connectivity index (χ1v) is 19.3. The fourth-order valence-corrected chi connectivity index (χ4v) is 15.5. The van der Waals surface area contributed by atoms with Gasteiger partial charge < -0.3 is 41.4 Å². The molecule has 32 heavy (non-hydrogen) atoms. The molecule has 11 nitrogen and oxygen atoms in total. The number of hydrogen-bond donors (Lipinski definition) is 0. The van der Waals surface area contributed by atoms with E-state index in [0.717, 1.165) is 0 Å². The van der Waals surface area contributed by atoms with Gasteiger partial charge in [0.05, 0.1) is 12.5 Å². The van der Waals surface area contributed by atoms with E-state index in [-0.39, 0.29) is 46.2 Å². The van der Waals surface area contributed by atoms with Gasteiger partial charge in [-0.15, -0.1) is 0 Å². The number of carbonyl (C=O) groups excluding carboxylic acids is 2. The zero-order chi connectivity index (χ0) is 24.7. The number of carbonyl (C=O) groups is 2. The third-order valence-electron chi connectivity index (χ3n) is 3.31. The van der Waals surface area contributed by atoms with Gasteiger partial charge in [0.15, 0.2) is 12.6 Å². The summed E-state index contributed by atoms with van der Waals surface area (Å²) in [4.78, 5) is 22.3. The molecule has 0 heterocycles. The van der Waals surface area contributed by atoms with Crippen LogP contribution in [-0.2, 0) is 51.0 Å². The standard InChI is InChI=1S/C18H40O11Si3/c1-17(19)9-22-12-24-13-23-10-18(20)27-14-26-16-31(5,6)29-32(7,8)28-30(3,4)15-25-11-21-2/h9-16H2,1-8H3. The number of esters is 1. The van der Waals surface area contributed by atoms with E-state index in [2.05, 4.69) is 13.1 Å². The van der Waals surface area contributed by atoms with Crippen molar-refractivity contribution >= 4 is 36.9 Å². The Morgan fingerprint density at radius 1 is 0.656 bits per heavy atom. The third-order valence-corrected chi connectivity index (χ3v) is 13.5. The number of rotatable bonds is 20. The predicted octanol–water partition coefficient (Wildman–Crippen LogP) is 1.90. The molecule has 0 fully saturated rings. The van der Waals surface area contributed by atoms with Gasteiger partial charge in [-0.25, -0.2) is 4.79 Å². The lowest BCUT2D eigenvalue weighted by Crippen LogP contribution is -2.55. The van der Waals surface area contributed by atoms with Crippen LogP contribution in [0.25, 0.3) is 0 Å². The van der Waals surface area contributed by atoms with Crippen molar-refractivity contribution < 1.29 is 51.0 Å². The minimum absolute atomic E-state index is 0.0307. The van der Waals surface area contributed by atoms with Crippen molar-refractivity contribution in [1.82, 2.24) is 0 Å². The second-order valence-electron chi connectivity index (χ2n) is 8.70. The summed E-state index contributed by atoms with van der Waals surface area (Å²) in [6.07, 6.45) is 0.868. The topological polar surface area (TPSA) is 117 Å². The molecule has 190 valence electrons. The van der Waals surface area contributed by atoms with Crippen LogP contribution in [0.2, 0.25) is 39.3 Å². The average molecular weight is 517 g/mol. The zero-order valence-electron chi connectivity index (χ0n) is 20.6. The van der Waals surface area contributed by atoms with Gasteiger partial charge in [-0.3, -0.25) is 4.79 Å². The van der Waals surface area contributed by atoms with Gasteiger partial charge in [0.25, 0.3) is 0 Å². The van der Waals surface area contributed by atoms with Crippen LogP contribution in [0.5, 0.6) is 0 Å². The molecule has 0 amide bonds. The first kappa shape index (κ1) is 31.5. The van der Waals surface area contributed by atoms with Crippen molar-refractivity contribution in [2.24, 2.45) is 0 Å². The normalized spacial score (nSPS) is 12.8. The summed E-state index contributed by atoms with van der Waals surface area (Å²) in [6, 6.07) is 0. The highest BCUT2D eigenvalue weighted by atomic mass is 28.5. The molecule has 0 N–H and O–H groups in total. The Labute approximate surface area is 194 Å². The molecule has 0 unspecified atom stereocenters. The SMILES string of the molecule is COCOC[Si](C)(C)O[Si](C)(C)O[Si](C)(C)COCOC(=O)COCOCOCC(C)=O. The minimum Gasteiger partial charge on any atom is -0.437 e. The van der Waals surface area contributed by atoms with Crippen molar-refractivity contribution in [1.29, 1.82) is 0 Å². The molecule has 0 rings (SSSR count). The molecule has 0 aliphatic heterocycles. The molecule has 0 radical (unpaired) electrons. The summed E-state index contributed by atoms with van der Waals surface area (Å²) < 4.78 is 48.4. The Kier molecular flexibility index (Phi) is 15.9. The number of ketones is 1. The van der Waals surface area contributed by atoms with Crippen LogP contribution >= 0.6 is 0 Å². The fourth-order valence-electron chi connectivity index (χ4n) is 2.68. The van der Waals surface area contributed by atoms with Gasteiger partial charge in [0, 0.05) is 7.11 Å². The van der Waals surface area contributed by atoms with Crippen molar-refractivity contribution in [2.45, 2.75) is 46.2 Å². The van der Waals surface area contributed by atoms with Crippen molar-refractivity contribution in [3.05, 3.63) is 0 Å². The van der Waals surface area contributed by atoms with E-state index in [1.165, 1.54) is 6.92 Å². The number of ether oxygens (including phenoxy) is 7. The lowest BCUT2D eigenvalue weighted by molar-refractivity contribution is -0.172. The zero-order valence-corrected chi connectivity index (χ0v) is 23.6. The van der Waals surface area contributed by atoms with Gasteiger partial charge in [0.1, 0.15) is 33.6 Å². The molecule has 0 aliphatic rings. The lowest BCUT2D eigenvalue weighted by Gasteiger charge is -2.38. The van der Waals surface area contributed by atoms with Gasteiger partial charge in [-0.1, -0.05) is 0 Å². The molecule has 0 aromatic heterocycles. The first-order valence-electron chi connectivity index (χ1n) is 10.2. The third kappa shape index (κ3) is 19.0. The van der Waals surface area contributed by atoms with E-state index < -0.39 is 31.2 Å². The molecule has 0 aromatic rings. The van der Waals surface area contributed by atoms with E-state index in [9.17, 15) is 9.59 Å². The van der Waals surface area contributed by atoms with Crippen LogP contribution in [0.3, 0.4) is 0 Å². The summed E-state index contributed by atoms with van der Waals surface area (Å²) in [5, 5.41) is 0. The van der Waals surface area contributed by atoms with Crippen molar-refractivity contribution in [3.8, 4) is 0 Å². The van der Waals surface area contributed by atoms with E-state index in [4.69, 9.17) is 41.4 Å². The van der Waals surface area contributed by atoms with E-state index in [1.807, 2.05) is 26.2 Å². The number of hydrogen-bond acceptors (Lipinski definition) is 11. The summed E-state index contributed by atoms with van der Waals surface area (Å²) in [6.45, 7) is 13.1. The van der Waals surface area contributed by atoms with E-state index in [1.54, 1.807) is 7.11 Å². The molecule has 0 saturated carbocycles. The van der Waals surface area contributed by atoms with Gasteiger partial charge in [0.2, 0.25) is 16.6 Å². The second-order valence-corrected chi connectivity index (χ2v) is 20.7. The molecular weight excluding hydrogens is 476 g/mol. The monoisotopic (exact) mass is 516 g/mol. The number of methoxy groups -OCH3 is 1. The average Bonchev–Trinajstić information content (AvgIpc) is 2.62. The van der Waals surface area contributed by atoms with Crippen LogP contribution in [0.15, 0.2) is 0 Å². The van der Waals surface area contributed by atoms with Gasteiger partial charge in [-0.05, 0) is 46.2 Å². The molecule has 0 spiro atoms. The Morgan fingerprint density at radius 2 is 1.16 bits per heavy atom. The van der Waals surface area contributed by atoms with Gasteiger partial charge >= 0.3 is 14.5 Å². The van der Waals surface area contributed by atoms with Crippen molar-refractivity contribution in [2.75, 3.05) is 60.0 Å². The smallest absolute Gasteiger partial charge is 0.334 e. The summed E-state index contributed by atoms with van der Waals surface area (Å²) in [7, 11) is -5.09. The van der Waals surface area contributed by atoms with Crippen LogP contribution < -0.4 is 0 Å². The Morgan fingerprint density at radius 3 is 1.66 bits per heavy atom. The maximum Gasteiger partial charge on any atom is 0.334 e. The predicted molar refractivity (Wildman–Crippen MR) is 123 cm³/mol. The maximum atomic E-state index is 11.6. The maximum absolute atomic E-state index is 11.6. The van der Waals surface area contributed by atoms with Crippen LogP contribution in [-0.4, -0.2) is 96.9 Å². The molecule has 14 heteroatoms. The summed E-state index contributed by atoms with van der Waals surface area (Å²) in [5.74, 6) is -0.688. The Bertz CT molecular complexity index is 544. The highest BCUT2D eigenvalue weighted by Gasteiger charge is 2.40. The molecular formula is C18H40O11Si3. The van der Waals surface area contributed by atoms with Crippen molar-refractivity contribution in [3.63, 3.8) is 0 Å². The first-order chi connectivity index (χ1) is 14.8. The van der Waals surface area contributed by atoms with Crippen LogP contribution in [0, 0.1) is 0 Å². The second kappa shape index (κ2) is 16.2. The summed E-state index contributed by atoms with van der Waals surface area (Å²) in [5.41, 5.74) is 0. The van der Waals surface area contributed by atoms with Gasteiger partial charge in [-0.2, -0.15) is 0 Å². The van der Waals surface area contributed by atoms with E-state index >= 15 is 0 Å². The Balaban J connectivity index is 4.05. The number of Topliss-reactive ketones (excluding diaryl/α,β-unsaturated/α-hetero) is 1. The Hall–Kier alpha value is -0.529. The molecule has 0 atom stereocenters. The minimum atomic E-state index is -2.40. The lowest BCUT2D eigenvalue weighted by atomic mass is 10.5. The quantitative estimate of drug-likeness (QED) is 0.102. The highest BCUT2D eigenvalue weighted by Crippen LogP contribution is 2.21. The molecule has 0 saturated heterocycles. The molecule has 0 aliphatic carbocycles. The highest BCUT2D eigenvalue weighted by molar-refractivity contribution is 6.87. The van der Waals surface area contributed by atoms with Crippen LogP contribution in [0.4, 0.5) is 0 Å². The largest absolute Gasteiger partial charge is 0.437 e.